The SMILES string of the molecule is COc1ccc(C2c3c(n[nH]c3-c3ccccc3)OC(=N)C2C#N)cc1CSc1ccccn1. The number of ether oxygens (including phenoxy) is 2. The lowest BCUT2D eigenvalue weighted by Gasteiger charge is -2.28. The predicted octanol–water partition coefficient (Wildman–Crippen LogP) is 5.41. The summed E-state index contributed by atoms with van der Waals surface area (Å²) in [6.07, 6.45) is 1.77. The number of pyridine rings is 1. The highest BCUT2D eigenvalue weighted by Crippen LogP contribution is 2.46. The third kappa shape index (κ3) is 4.02. The van der Waals surface area contributed by atoms with Crippen LogP contribution in [0.3, 0.4) is 0 Å². The number of thioether (sulfide) groups is 1. The van der Waals surface area contributed by atoms with Crippen LogP contribution < -0.4 is 9.47 Å². The molecule has 0 bridgehead atoms. The van der Waals surface area contributed by atoms with Gasteiger partial charge in [-0.1, -0.05) is 48.5 Å². The Morgan fingerprint density at radius 2 is 1.97 bits per heavy atom. The van der Waals surface area contributed by atoms with Gasteiger partial charge in [0.25, 0.3) is 0 Å². The standard InChI is InChI=1S/C26H21N5O2S/c1-32-20-11-10-17(13-18(20)15-34-21-9-5-6-12-29-21)22-19(14-27)25(28)33-26-23(22)24(30-31-26)16-7-3-2-4-8-16/h2-13,19,22,28H,15H2,1H3,(H,30,31). The van der Waals surface area contributed by atoms with Crippen LogP contribution in [0.5, 0.6) is 11.6 Å². The second kappa shape index (κ2) is 9.41. The van der Waals surface area contributed by atoms with Crippen LogP contribution in [0.25, 0.3) is 11.3 Å². The first-order valence-corrected chi connectivity index (χ1v) is 11.7. The molecule has 3 heterocycles. The summed E-state index contributed by atoms with van der Waals surface area (Å²) in [6, 6.07) is 23.8. The predicted molar refractivity (Wildman–Crippen MR) is 130 cm³/mol. The van der Waals surface area contributed by atoms with Crippen LogP contribution >= 0.6 is 11.8 Å². The summed E-state index contributed by atoms with van der Waals surface area (Å²) in [4.78, 5) is 4.39. The normalized spacial score (nSPS) is 16.9. The minimum absolute atomic E-state index is 0.105. The molecular formula is C26H21N5O2S. The van der Waals surface area contributed by atoms with E-state index in [1.54, 1.807) is 25.1 Å². The van der Waals surface area contributed by atoms with Crippen LogP contribution in [0, 0.1) is 22.7 Å². The molecule has 8 heteroatoms. The van der Waals surface area contributed by atoms with E-state index in [0.29, 0.717) is 11.6 Å². The van der Waals surface area contributed by atoms with Crippen LogP contribution in [-0.4, -0.2) is 28.2 Å². The van der Waals surface area contributed by atoms with E-state index in [9.17, 15) is 5.26 Å². The molecule has 2 aromatic carbocycles. The summed E-state index contributed by atoms with van der Waals surface area (Å²) in [5.41, 5.74) is 4.39. The van der Waals surface area contributed by atoms with Crippen molar-refractivity contribution in [3.63, 3.8) is 0 Å². The average Bonchev–Trinajstić information content (AvgIpc) is 3.31. The van der Waals surface area contributed by atoms with Gasteiger partial charge < -0.3 is 9.47 Å². The number of aromatic nitrogens is 3. The maximum atomic E-state index is 10.0. The van der Waals surface area contributed by atoms with Gasteiger partial charge in [-0.2, -0.15) is 5.26 Å². The molecule has 1 aliphatic rings. The number of benzene rings is 2. The molecule has 0 radical (unpaired) electrons. The topological polar surface area (TPSA) is 108 Å². The quantitative estimate of drug-likeness (QED) is 0.367. The average molecular weight is 468 g/mol. The number of aromatic amines is 1. The molecule has 168 valence electrons. The highest BCUT2D eigenvalue weighted by Gasteiger charge is 2.41. The van der Waals surface area contributed by atoms with Crippen molar-refractivity contribution in [3.8, 4) is 29.0 Å². The molecule has 0 saturated heterocycles. The summed E-state index contributed by atoms with van der Waals surface area (Å²) in [5, 5.41) is 26.7. The number of hydrogen-bond donors (Lipinski definition) is 2. The molecule has 0 amide bonds. The molecule has 2 N–H and O–H groups in total. The van der Waals surface area contributed by atoms with Crippen molar-refractivity contribution >= 4 is 17.7 Å². The number of methoxy groups -OCH3 is 1. The summed E-state index contributed by atoms with van der Waals surface area (Å²) in [5.74, 6) is 0.442. The van der Waals surface area contributed by atoms with Gasteiger partial charge in [0.1, 0.15) is 11.7 Å². The number of nitrogens with zero attached hydrogens (tertiary/aromatic N) is 3. The molecule has 0 spiro atoms. The minimum atomic E-state index is -0.780. The molecule has 2 unspecified atom stereocenters. The summed E-state index contributed by atoms with van der Waals surface area (Å²) in [7, 11) is 1.65. The third-order valence-electron chi connectivity index (χ3n) is 5.78. The highest BCUT2D eigenvalue weighted by atomic mass is 32.2. The molecule has 4 aromatic rings. The lowest BCUT2D eigenvalue weighted by atomic mass is 9.78. The number of nitrogens with one attached hydrogen (secondary N) is 2. The van der Waals surface area contributed by atoms with Crippen molar-refractivity contribution in [2.24, 2.45) is 5.92 Å². The van der Waals surface area contributed by atoms with Crippen molar-refractivity contribution in [1.29, 1.82) is 10.7 Å². The largest absolute Gasteiger partial charge is 0.496 e. The zero-order valence-corrected chi connectivity index (χ0v) is 19.2. The molecule has 0 aliphatic carbocycles. The fourth-order valence-electron chi connectivity index (χ4n) is 4.19. The van der Waals surface area contributed by atoms with Gasteiger partial charge in [-0.15, -0.1) is 16.9 Å². The fraction of sp³-hybridized carbons (Fsp3) is 0.154. The Morgan fingerprint density at radius 3 is 2.71 bits per heavy atom. The van der Waals surface area contributed by atoms with Gasteiger partial charge >= 0.3 is 0 Å². The molecule has 0 saturated carbocycles. The Balaban J connectivity index is 1.59. The van der Waals surface area contributed by atoms with E-state index in [2.05, 4.69) is 21.3 Å². The number of H-pyrrole nitrogens is 1. The summed E-state index contributed by atoms with van der Waals surface area (Å²) >= 11 is 1.61. The Hall–Kier alpha value is -4.09. The van der Waals surface area contributed by atoms with Crippen molar-refractivity contribution in [1.82, 2.24) is 15.2 Å². The zero-order chi connectivity index (χ0) is 23.5. The van der Waals surface area contributed by atoms with Crippen LogP contribution in [-0.2, 0) is 5.75 Å². The van der Waals surface area contributed by atoms with E-state index >= 15 is 0 Å². The van der Waals surface area contributed by atoms with Gasteiger partial charge in [0.15, 0.2) is 0 Å². The first kappa shape index (κ1) is 21.7. The molecule has 1 aliphatic heterocycles. The first-order valence-electron chi connectivity index (χ1n) is 10.7. The van der Waals surface area contributed by atoms with Gasteiger partial charge in [0.2, 0.25) is 11.8 Å². The molecular weight excluding hydrogens is 446 g/mol. The Bertz CT molecular complexity index is 1370. The molecule has 34 heavy (non-hydrogen) atoms. The second-order valence-corrected chi connectivity index (χ2v) is 8.76. The second-order valence-electron chi connectivity index (χ2n) is 7.76. The number of hydrogen-bond acceptors (Lipinski definition) is 7. The van der Waals surface area contributed by atoms with Crippen LogP contribution in [0.15, 0.2) is 78.0 Å². The van der Waals surface area contributed by atoms with Gasteiger partial charge in [0.05, 0.1) is 29.5 Å². The number of fused-ring (bicyclic) bond motifs is 1. The van der Waals surface area contributed by atoms with Crippen molar-refractivity contribution in [2.45, 2.75) is 16.7 Å². The third-order valence-corrected chi connectivity index (χ3v) is 6.77. The molecule has 2 aromatic heterocycles. The van der Waals surface area contributed by atoms with Crippen LogP contribution in [0.2, 0.25) is 0 Å². The van der Waals surface area contributed by atoms with E-state index in [0.717, 1.165) is 38.7 Å². The van der Waals surface area contributed by atoms with Crippen LogP contribution in [0.1, 0.15) is 22.6 Å². The van der Waals surface area contributed by atoms with E-state index in [-0.39, 0.29) is 5.90 Å². The van der Waals surface area contributed by atoms with Crippen molar-refractivity contribution < 1.29 is 9.47 Å². The minimum Gasteiger partial charge on any atom is -0.496 e. The summed E-state index contributed by atoms with van der Waals surface area (Å²) in [6.45, 7) is 0. The lowest BCUT2D eigenvalue weighted by Crippen LogP contribution is -2.31. The number of rotatable bonds is 6. The van der Waals surface area contributed by atoms with E-state index < -0.39 is 11.8 Å². The molecule has 5 rings (SSSR count). The fourth-order valence-corrected chi connectivity index (χ4v) is 5.03. The highest BCUT2D eigenvalue weighted by molar-refractivity contribution is 7.98. The van der Waals surface area contributed by atoms with Gasteiger partial charge in [-0.05, 0) is 29.3 Å². The molecule has 2 atom stereocenters. The van der Waals surface area contributed by atoms with Gasteiger partial charge in [-0.3, -0.25) is 10.5 Å². The smallest absolute Gasteiger partial charge is 0.244 e. The maximum absolute atomic E-state index is 10.0. The number of nitriles is 1. The van der Waals surface area contributed by atoms with Gasteiger partial charge in [0, 0.05) is 23.4 Å². The lowest BCUT2D eigenvalue weighted by molar-refractivity contribution is 0.410. The van der Waals surface area contributed by atoms with E-state index in [1.165, 1.54) is 0 Å². The first-order chi connectivity index (χ1) is 16.7. The van der Waals surface area contributed by atoms with E-state index in [1.807, 2.05) is 66.7 Å². The molecule has 7 nitrogen and oxygen atoms in total. The summed E-state index contributed by atoms with van der Waals surface area (Å²) < 4.78 is 11.3. The van der Waals surface area contributed by atoms with Crippen molar-refractivity contribution in [2.75, 3.05) is 7.11 Å². The van der Waals surface area contributed by atoms with E-state index in [4.69, 9.17) is 14.9 Å². The van der Waals surface area contributed by atoms with Crippen molar-refractivity contribution in [3.05, 3.63) is 89.6 Å². The Kier molecular flexibility index (Phi) is 6.02. The van der Waals surface area contributed by atoms with Gasteiger partial charge in [-0.25, -0.2) is 4.98 Å². The molecule has 0 fully saturated rings. The maximum Gasteiger partial charge on any atom is 0.244 e. The monoisotopic (exact) mass is 467 g/mol. The Labute approximate surface area is 201 Å². The zero-order valence-electron chi connectivity index (χ0n) is 18.4. The van der Waals surface area contributed by atoms with Crippen LogP contribution in [0.4, 0.5) is 0 Å². The Morgan fingerprint density at radius 1 is 1.15 bits per heavy atom.